The molecule has 3 nitrogen and oxygen atoms in total. The van der Waals surface area contributed by atoms with Gasteiger partial charge in [-0.25, -0.2) is 4.98 Å². The molecule has 0 saturated heterocycles. The molecule has 1 heterocycles. The van der Waals surface area contributed by atoms with Gasteiger partial charge in [-0.05, 0) is 37.7 Å². The van der Waals surface area contributed by atoms with Gasteiger partial charge in [0.15, 0.2) is 4.34 Å². The highest BCUT2D eigenvalue weighted by Gasteiger charge is 2.06. The van der Waals surface area contributed by atoms with E-state index >= 15 is 0 Å². The van der Waals surface area contributed by atoms with Crippen LogP contribution in [0.3, 0.4) is 0 Å². The van der Waals surface area contributed by atoms with Crippen LogP contribution in [0.5, 0.6) is 5.75 Å². The van der Waals surface area contributed by atoms with Crippen LogP contribution in [0.2, 0.25) is 0 Å². The van der Waals surface area contributed by atoms with Crippen molar-refractivity contribution in [1.29, 1.82) is 0 Å². The number of rotatable bonds is 10. The van der Waals surface area contributed by atoms with E-state index in [0.29, 0.717) is 0 Å². The highest BCUT2D eigenvalue weighted by atomic mass is 32.2. The Labute approximate surface area is 142 Å². The Morgan fingerprint density at radius 1 is 1.23 bits per heavy atom. The van der Waals surface area contributed by atoms with Gasteiger partial charge in [0.1, 0.15) is 12.4 Å². The monoisotopic (exact) mass is 338 g/mol. The summed E-state index contributed by atoms with van der Waals surface area (Å²) >= 11 is 3.64. The SMILES string of the molecule is CCCCSc1nc2ccc(OCCN(CC)CC)cc2s1. The lowest BCUT2D eigenvalue weighted by Crippen LogP contribution is -2.27. The molecule has 0 unspecified atom stereocenters. The third-order valence-electron chi connectivity index (χ3n) is 3.63. The summed E-state index contributed by atoms with van der Waals surface area (Å²) in [7, 11) is 0. The number of ether oxygens (including phenoxy) is 1. The summed E-state index contributed by atoms with van der Waals surface area (Å²) in [6.45, 7) is 10.5. The number of aromatic nitrogens is 1. The smallest absolute Gasteiger partial charge is 0.151 e. The van der Waals surface area contributed by atoms with Crippen LogP contribution in [0.25, 0.3) is 10.2 Å². The van der Waals surface area contributed by atoms with E-state index in [-0.39, 0.29) is 0 Å². The van der Waals surface area contributed by atoms with Crippen LogP contribution in [0, 0.1) is 0 Å². The van der Waals surface area contributed by atoms with Gasteiger partial charge in [-0.3, -0.25) is 0 Å². The second kappa shape index (κ2) is 9.38. The predicted molar refractivity (Wildman–Crippen MR) is 98.5 cm³/mol. The predicted octanol–water partition coefficient (Wildman–Crippen LogP) is 4.91. The van der Waals surface area contributed by atoms with Crippen LogP contribution in [0.4, 0.5) is 0 Å². The van der Waals surface area contributed by atoms with Crippen LogP contribution in [-0.4, -0.2) is 41.9 Å². The zero-order chi connectivity index (χ0) is 15.8. The van der Waals surface area contributed by atoms with Gasteiger partial charge < -0.3 is 9.64 Å². The molecule has 0 fully saturated rings. The first kappa shape index (κ1) is 17.6. The molecule has 0 spiro atoms. The number of thiazole rings is 1. The normalized spacial score (nSPS) is 11.5. The van der Waals surface area contributed by atoms with Crippen LogP contribution < -0.4 is 4.74 Å². The molecule has 0 aliphatic heterocycles. The highest BCUT2D eigenvalue weighted by Crippen LogP contribution is 2.32. The minimum atomic E-state index is 0.740. The van der Waals surface area contributed by atoms with Gasteiger partial charge in [0.2, 0.25) is 0 Å². The second-order valence-electron chi connectivity index (χ2n) is 5.19. The average Bonchev–Trinajstić information content (AvgIpc) is 2.94. The zero-order valence-electron chi connectivity index (χ0n) is 13.8. The number of unbranched alkanes of at least 4 members (excludes halogenated alkanes) is 1. The number of fused-ring (bicyclic) bond motifs is 1. The Hall–Kier alpha value is -0.780. The molecule has 22 heavy (non-hydrogen) atoms. The Kier molecular flexibility index (Phi) is 7.49. The van der Waals surface area contributed by atoms with E-state index in [9.17, 15) is 0 Å². The van der Waals surface area contributed by atoms with Crippen LogP contribution in [0.15, 0.2) is 22.5 Å². The molecule has 2 rings (SSSR count). The average molecular weight is 339 g/mol. The zero-order valence-corrected chi connectivity index (χ0v) is 15.4. The number of benzene rings is 1. The lowest BCUT2D eigenvalue weighted by molar-refractivity contribution is 0.223. The van der Waals surface area contributed by atoms with Crippen LogP contribution >= 0.6 is 23.1 Å². The molecule has 0 bridgehead atoms. The molecule has 0 aliphatic carbocycles. The van der Waals surface area contributed by atoms with Gasteiger partial charge in [-0.15, -0.1) is 11.3 Å². The highest BCUT2D eigenvalue weighted by molar-refractivity contribution is 8.01. The largest absolute Gasteiger partial charge is 0.492 e. The van der Waals surface area contributed by atoms with E-state index < -0.39 is 0 Å². The van der Waals surface area contributed by atoms with Crippen molar-refractivity contribution in [3.63, 3.8) is 0 Å². The summed E-state index contributed by atoms with van der Waals surface area (Å²) < 4.78 is 8.28. The van der Waals surface area contributed by atoms with Gasteiger partial charge in [-0.1, -0.05) is 39.0 Å². The summed E-state index contributed by atoms with van der Waals surface area (Å²) in [6, 6.07) is 6.23. The molecule has 5 heteroatoms. The number of likely N-dealkylation sites (N-methyl/N-ethyl adjacent to an activating group) is 1. The van der Waals surface area contributed by atoms with Crippen molar-refractivity contribution in [3.05, 3.63) is 18.2 Å². The van der Waals surface area contributed by atoms with E-state index in [1.165, 1.54) is 21.9 Å². The van der Waals surface area contributed by atoms with E-state index in [1.54, 1.807) is 11.3 Å². The number of nitrogens with zero attached hydrogens (tertiary/aromatic N) is 2. The lowest BCUT2D eigenvalue weighted by Gasteiger charge is -2.17. The number of thioether (sulfide) groups is 1. The van der Waals surface area contributed by atoms with E-state index in [2.05, 4.69) is 42.8 Å². The molecule has 0 radical (unpaired) electrons. The quantitative estimate of drug-likeness (QED) is 0.454. The molecular formula is C17H26N2OS2. The molecular weight excluding hydrogens is 312 g/mol. The molecule has 1 aromatic heterocycles. The Morgan fingerprint density at radius 3 is 2.77 bits per heavy atom. The fraction of sp³-hybridized carbons (Fsp3) is 0.588. The first-order valence-electron chi connectivity index (χ1n) is 8.15. The maximum Gasteiger partial charge on any atom is 0.151 e. The summed E-state index contributed by atoms with van der Waals surface area (Å²) in [4.78, 5) is 7.05. The van der Waals surface area contributed by atoms with Gasteiger partial charge in [0.05, 0.1) is 10.2 Å². The summed E-state index contributed by atoms with van der Waals surface area (Å²) in [5, 5.41) is 0. The number of hydrogen-bond donors (Lipinski definition) is 0. The molecule has 0 aliphatic rings. The van der Waals surface area contributed by atoms with Crippen molar-refractivity contribution in [2.24, 2.45) is 0 Å². The van der Waals surface area contributed by atoms with Gasteiger partial charge in [0, 0.05) is 12.3 Å². The van der Waals surface area contributed by atoms with Gasteiger partial charge >= 0.3 is 0 Å². The number of hydrogen-bond acceptors (Lipinski definition) is 5. The van der Waals surface area contributed by atoms with Crippen molar-refractivity contribution in [2.45, 2.75) is 38.0 Å². The fourth-order valence-corrected chi connectivity index (χ4v) is 4.42. The fourth-order valence-electron chi connectivity index (χ4n) is 2.17. The second-order valence-corrected chi connectivity index (χ2v) is 7.56. The van der Waals surface area contributed by atoms with E-state index in [1.807, 2.05) is 17.8 Å². The molecule has 0 amide bonds. The summed E-state index contributed by atoms with van der Waals surface area (Å²) in [5.74, 6) is 2.11. The Morgan fingerprint density at radius 2 is 2.05 bits per heavy atom. The molecule has 0 saturated carbocycles. The topological polar surface area (TPSA) is 25.4 Å². The maximum atomic E-state index is 5.89. The van der Waals surface area contributed by atoms with Crippen molar-refractivity contribution < 1.29 is 4.74 Å². The Balaban J connectivity index is 1.92. The first-order valence-corrected chi connectivity index (χ1v) is 9.95. The molecule has 122 valence electrons. The van der Waals surface area contributed by atoms with Crippen LogP contribution in [-0.2, 0) is 0 Å². The van der Waals surface area contributed by atoms with E-state index in [0.717, 1.165) is 43.3 Å². The molecule has 0 N–H and O–H groups in total. The lowest BCUT2D eigenvalue weighted by atomic mass is 10.3. The maximum absolute atomic E-state index is 5.89. The Bertz CT molecular complexity index is 567. The third kappa shape index (κ3) is 5.14. The van der Waals surface area contributed by atoms with E-state index in [4.69, 9.17) is 4.74 Å². The molecule has 1 aromatic carbocycles. The van der Waals surface area contributed by atoms with Gasteiger partial charge in [0.25, 0.3) is 0 Å². The van der Waals surface area contributed by atoms with Crippen LogP contribution in [0.1, 0.15) is 33.6 Å². The van der Waals surface area contributed by atoms with Crippen molar-refractivity contribution >= 4 is 33.3 Å². The van der Waals surface area contributed by atoms with Gasteiger partial charge in [-0.2, -0.15) is 0 Å². The standard InChI is InChI=1S/C17H26N2OS2/c1-4-7-12-21-17-18-15-9-8-14(13-16(15)22-17)20-11-10-19(5-2)6-3/h8-9,13H,4-7,10-12H2,1-3H3. The minimum absolute atomic E-state index is 0.740. The van der Waals surface area contributed by atoms with Crippen molar-refractivity contribution in [1.82, 2.24) is 9.88 Å². The van der Waals surface area contributed by atoms with Crippen molar-refractivity contribution in [3.8, 4) is 5.75 Å². The summed E-state index contributed by atoms with van der Waals surface area (Å²) in [5.41, 5.74) is 1.08. The third-order valence-corrected chi connectivity index (χ3v) is 5.88. The molecule has 2 aromatic rings. The first-order chi connectivity index (χ1) is 10.8. The van der Waals surface area contributed by atoms with Crippen molar-refractivity contribution in [2.75, 3.05) is 32.0 Å². The minimum Gasteiger partial charge on any atom is -0.492 e. The molecule has 0 atom stereocenters. The summed E-state index contributed by atoms with van der Waals surface area (Å²) in [6.07, 6.45) is 2.49.